The van der Waals surface area contributed by atoms with Gasteiger partial charge < -0.3 is 5.32 Å². The van der Waals surface area contributed by atoms with Gasteiger partial charge in [-0.1, -0.05) is 47.2 Å². The van der Waals surface area contributed by atoms with Crippen molar-refractivity contribution in [3.8, 4) is 0 Å². The molecular weight excluding hydrogens is 444 g/mol. The van der Waals surface area contributed by atoms with Crippen molar-refractivity contribution >= 4 is 33.0 Å². The van der Waals surface area contributed by atoms with Crippen LogP contribution in [0.3, 0.4) is 0 Å². The fourth-order valence-corrected chi connectivity index (χ4v) is 7.06. The van der Waals surface area contributed by atoms with Crippen molar-refractivity contribution < 1.29 is 13.2 Å². The van der Waals surface area contributed by atoms with E-state index in [-0.39, 0.29) is 16.8 Å². The van der Waals surface area contributed by atoms with Gasteiger partial charge in [0.2, 0.25) is 15.0 Å². The monoisotopic (exact) mass is 470 g/mol. The minimum Gasteiger partial charge on any atom is -0.320 e. The van der Waals surface area contributed by atoms with Gasteiger partial charge in [0.25, 0.3) is 5.91 Å². The number of para-hydroxylation sites is 1. The first-order valence-electron chi connectivity index (χ1n) is 10.5. The molecule has 1 fully saturated rings. The van der Waals surface area contributed by atoms with Crippen LogP contribution in [0.2, 0.25) is 0 Å². The molecule has 1 saturated heterocycles. The fourth-order valence-electron chi connectivity index (χ4n) is 4.26. The minimum atomic E-state index is -3.62. The molecule has 0 radical (unpaired) electrons. The lowest BCUT2D eigenvalue weighted by atomic mass is 10.0. The number of benzene rings is 2. The van der Waals surface area contributed by atoms with Crippen LogP contribution in [0.1, 0.15) is 50.3 Å². The highest BCUT2D eigenvalue weighted by Crippen LogP contribution is 2.33. The average Bonchev–Trinajstić information content (AvgIpc) is 3.24. The molecule has 1 aliphatic heterocycles. The second kappa shape index (κ2) is 9.09. The molecule has 0 bridgehead atoms. The third-order valence-electron chi connectivity index (χ3n) is 5.60. The summed E-state index contributed by atoms with van der Waals surface area (Å²) in [5.41, 5.74) is 3.26. The Balaban J connectivity index is 1.52. The second-order valence-electron chi connectivity index (χ2n) is 8.20. The van der Waals surface area contributed by atoms with Crippen molar-refractivity contribution in [3.63, 3.8) is 0 Å². The molecule has 2 heterocycles. The molecular formula is C23H26N4O3S2. The highest BCUT2D eigenvalue weighted by molar-refractivity contribution is 7.89. The Labute approximate surface area is 192 Å². The Bertz CT molecular complexity index is 1220. The van der Waals surface area contributed by atoms with Gasteiger partial charge in [0.15, 0.2) is 0 Å². The van der Waals surface area contributed by atoms with Gasteiger partial charge in [0.05, 0.1) is 4.90 Å². The standard InChI is InChI=1S/C23H26N4O3S2/c1-15-12-16(2)20(17(3)13-15)32(29,30)27-11-7-8-18(14-27)22-25-26-23(31-22)21(28)24-19-9-5-4-6-10-19/h4-6,9-10,12-13,18H,7-8,11,14H2,1-3H3,(H,24,28)/t18-/m0/s1. The number of carbonyl (C=O) groups is 1. The molecule has 0 saturated carbocycles. The summed E-state index contributed by atoms with van der Waals surface area (Å²) < 4.78 is 28.5. The summed E-state index contributed by atoms with van der Waals surface area (Å²) >= 11 is 1.23. The first-order chi connectivity index (χ1) is 15.3. The lowest BCUT2D eigenvalue weighted by Gasteiger charge is -2.31. The predicted octanol–water partition coefficient (Wildman–Crippen LogP) is 4.28. The van der Waals surface area contributed by atoms with E-state index < -0.39 is 10.0 Å². The molecule has 2 aromatic carbocycles. The van der Waals surface area contributed by atoms with Gasteiger partial charge >= 0.3 is 0 Å². The molecule has 9 heteroatoms. The Hall–Kier alpha value is -2.62. The van der Waals surface area contributed by atoms with Gasteiger partial charge in [-0.05, 0) is 56.9 Å². The third-order valence-corrected chi connectivity index (χ3v) is 8.86. The number of amides is 1. The van der Waals surface area contributed by atoms with Crippen molar-refractivity contribution in [2.75, 3.05) is 18.4 Å². The number of aryl methyl sites for hydroxylation is 3. The van der Waals surface area contributed by atoms with Gasteiger partial charge in [-0.3, -0.25) is 4.79 Å². The summed E-state index contributed by atoms with van der Waals surface area (Å²) in [5, 5.41) is 12.1. The average molecular weight is 471 g/mol. The van der Waals surface area contributed by atoms with Crippen molar-refractivity contribution in [2.45, 2.75) is 44.4 Å². The predicted molar refractivity (Wildman–Crippen MR) is 126 cm³/mol. The van der Waals surface area contributed by atoms with Crippen LogP contribution < -0.4 is 5.32 Å². The highest BCUT2D eigenvalue weighted by atomic mass is 32.2. The lowest BCUT2D eigenvalue weighted by Crippen LogP contribution is -2.39. The summed E-state index contributed by atoms with van der Waals surface area (Å²) in [6, 6.07) is 13.0. The number of nitrogens with zero attached hydrogens (tertiary/aromatic N) is 3. The summed E-state index contributed by atoms with van der Waals surface area (Å²) in [6.45, 7) is 6.47. The zero-order valence-electron chi connectivity index (χ0n) is 18.3. The molecule has 1 N–H and O–H groups in total. The molecule has 32 heavy (non-hydrogen) atoms. The number of sulfonamides is 1. The van der Waals surface area contributed by atoms with E-state index >= 15 is 0 Å². The van der Waals surface area contributed by atoms with E-state index in [1.807, 2.05) is 51.1 Å². The van der Waals surface area contributed by atoms with Crippen LogP contribution in [-0.2, 0) is 10.0 Å². The van der Waals surface area contributed by atoms with Gasteiger partial charge in [0, 0.05) is 24.7 Å². The molecule has 4 rings (SSSR count). The maximum atomic E-state index is 13.5. The van der Waals surface area contributed by atoms with Crippen LogP contribution in [0.4, 0.5) is 5.69 Å². The molecule has 1 aliphatic rings. The van der Waals surface area contributed by atoms with Crippen molar-refractivity contribution in [3.05, 3.63) is 69.2 Å². The van der Waals surface area contributed by atoms with Crippen LogP contribution in [-0.4, -0.2) is 41.9 Å². The summed E-state index contributed by atoms with van der Waals surface area (Å²) in [4.78, 5) is 12.9. The molecule has 3 aromatic rings. The van der Waals surface area contributed by atoms with E-state index in [0.717, 1.165) is 29.5 Å². The number of carbonyl (C=O) groups excluding carboxylic acids is 1. The first kappa shape index (κ1) is 22.6. The Morgan fingerprint density at radius 3 is 2.47 bits per heavy atom. The summed E-state index contributed by atoms with van der Waals surface area (Å²) in [7, 11) is -3.62. The number of nitrogens with one attached hydrogen (secondary N) is 1. The molecule has 1 atom stereocenters. The molecule has 168 valence electrons. The summed E-state index contributed by atoms with van der Waals surface area (Å²) in [6.07, 6.45) is 1.55. The molecule has 0 spiro atoms. The van der Waals surface area contributed by atoms with Crippen LogP contribution in [0.25, 0.3) is 0 Å². The summed E-state index contributed by atoms with van der Waals surface area (Å²) in [5.74, 6) is -0.397. The zero-order valence-corrected chi connectivity index (χ0v) is 20.0. The molecule has 1 aromatic heterocycles. The van der Waals surface area contributed by atoms with Crippen molar-refractivity contribution in [1.82, 2.24) is 14.5 Å². The lowest BCUT2D eigenvalue weighted by molar-refractivity contribution is 0.102. The number of aromatic nitrogens is 2. The first-order valence-corrected chi connectivity index (χ1v) is 12.8. The van der Waals surface area contributed by atoms with Crippen molar-refractivity contribution in [2.24, 2.45) is 0 Å². The van der Waals surface area contributed by atoms with Gasteiger partial charge in [-0.2, -0.15) is 4.31 Å². The van der Waals surface area contributed by atoms with Crippen LogP contribution in [0, 0.1) is 20.8 Å². The number of anilines is 1. The molecule has 0 aliphatic carbocycles. The zero-order chi connectivity index (χ0) is 22.9. The van der Waals surface area contributed by atoms with E-state index in [1.165, 1.54) is 11.3 Å². The van der Waals surface area contributed by atoms with Gasteiger partial charge in [-0.25, -0.2) is 8.42 Å². The SMILES string of the molecule is Cc1cc(C)c(S(=O)(=O)N2CCC[C@H](c3nnc(C(=O)Nc4ccccc4)s3)C2)c(C)c1. The van der Waals surface area contributed by atoms with E-state index in [9.17, 15) is 13.2 Å². The number of hydrogen-bond acceptors (Lipinski definition) is 6. The molecule has 0 unspecified atom stereocenters. The molecule has 1 amide bonds. The highest BCUT2D eigenvalue weighted by Gasteiger charge is 2.34. The maximum absolute atomic E-state index is 13.5. The largest absolute Gasteiger partial charge is 0.320 e. The van der Waals surface area contributed by atoms with E-state index in [2.05, 4.69) is 15.5 Å². The van der Waals surface area contributed by atoms with E-state index in [4.69, 9.17) is 0 Å². The normalized spacial score (nSPS) is 17.3. The Morgan fingerprint density at radius 2 is 1.78 bits per heavy atom. The number of rotatable bonds is 5. The van der Waals surface area contributed by atoms with E-state index in [1.54, 1.807) is 16.4 Å². The Morgan fingerprint density at radius 1 is 1.09 bits per heavy atom. The third kappa shape index (κ3) is 4.60. The van der Waals surface area contributed by atoms with E-state index in [0.29, 0.717) is 28.7 Å². The maximum Gasteiger partial charge on any atom is 0.286 e. The number of piperidine rings is 1. The van der Waals surface area contributed by atoms with Gasteiger partial charge in [0.1, 0.15) is 5.01 Å². The van der Waals surface area contributed by atoms with Crippen LogP contribution in [0.15, 0.2) is 47.4 Å². The Kier molecular flexibility index (Phi) is 6.41. The number of hydrogen-bond donors (Lipinski definition) is 1. The van der Waals surface area contributed by atoms with Crippen LogP contribution in [0.5, 0.6) is 0 Å². The smallest absolute Gasteiger partial charge is 0.286 e. The van der Waals surface area contributed by atoms with Crippen molar-refractivity contribution in [1.29, 1.82) is 0 Å². The van der Waals surface area contributed by atoms with Gasteiger partial charge in [-0.15, -0.1) is 10.2 Å². The fraction of sp³-hybridized carbons (Fsp3) is 0.348. The molecule has 7 nitrogen and oxygen atoms in total. The van der Waals surface area contributed by atoms with Crippen LogP contribution >= 0.6 is 11.3 Å². The topological polar surface area (TPSA) is 92.3 Å². The second-order valence-corrected chi connectivity index (χ2v) is 11.1. The quantitative estimate of drug-likeness (QED) is 0.601. The minimum absolute atomic E-state index is 0.0830.